The Balaban J connectivity index is -0.000000389. The van der Waals surface area contributed by atoms with Gasteiger partial charge < -0.3 is 37.6 Å². The van der Waals surface area contributed by atoms with Gasteiger partial charge in [0.05, 0.1) is 65.7 Å². The smallest absolute Gasteiger partial charge is 0.129 e. The van der Waals surface area contributed by atoms with Gasteiger partial charge in [-0.3, -0.25) is 0 Å². The number of aryl methyl sites for hydroxylation is 1. The zero-order valence-corrected chi connectivity index (χ0v) is 52.9. The number of unbranched alkanes of at least 4 members (excludes halogenated alkanes) is 1. The highest BCUT2D eigenvalue weighted by Crippen LogP contribution is 2.20. The van der Waals surface area contributed by atoms with Gasteiger partial charge in [0.2, 0.25) is 0 Å². The van der Waals surface area contributed by atoms with Crippen LogP contribution in [0.15, 0.2) is 103 Å². The first-order valence-electron chi connectivity index (χ1n) is 27.4. The summed E-state index contributed by atoms with van der Waals surface area (Å²) < 4.78 is 43.0. The van der Waals surface area contributed by atoms with Crippen molar-refractivity contribution in [3.63, 3.8) is 0 Å². The summed E-state index contributed by atoms with van der Waals surface area (Å²) >= 11 is 0. The molecule has 0 atom stereocenters. The van der Waals surface area contributed by atoms with Crippen LogP contribution in [-0.4, -0.2) is 72.7 Å². The Morgan fingerprint density at radius 2 is 0.838 bits per heavy atom. The highest BCUT2D eigenvalue weighted by atomic mass is 16.5. The maximum Gasteiger partial charge on any atom is 0.129 e. The molecule has 2 aromatic carbocycles. The summed E-state index contributed by atoms with van der Waals surface area (Å²) in [6, 6.07) is 21.9. The van der Waals surface area contributed by atoms with Crippen molar-refractivity contribution in [2.24, 2.45) is 37.9 Å². The standard InChI is InChI=1S/C12H18O.C11H16O.C10H16O2.C9H20O.C9H18O.C8H16O.C7H16O/c1-10-5-7-11(8-6-10)13-9-12(2,3)4;1-11(2,3)9-12-10-7-5-4-6-8-10;1-10(2,3)8-11-7-9-5-4-6-12-9;2*1-5-6-7-10-8-9(2,3)4;1-5-6-9-7-8(2,3)4;1-5-8-6-7(2,3)4/h5-8H,9H2,1-4H3;4-8H,9H2,1-3H3;4-6H,7-8H2,1-3H3;5-8H2,1-4H3;5H,1,6-8H2,2-4H3;5H,1,6-7H2,2-4H3;5-6H2,1-4H3. The minimum atomic E-state index is 0.227. The van der Waals surface area contributed by atoms with Gasteiger partial charge in [0.25, 0.3) is 0 Å². The van der Waals surface area contributed by atoms with E-state index in [2.05, 4.69) is 185 Å². The van der Waals surface area contributed by atoms with Crippen molar-refractivity contribution in [1.82, 2.24) is 0 Å². The maximum absolute atomic E-state index is 5.63. The average molecular weight is 1040 g/mol. The van der Waals surface area contributed by atoms with Crippen LogP contribution in [-0.2, 0) is 30.3 Å². The number of furan rings is 1. The van der Waals surface area contributed by atoms with Crippen molar-refractivity contribution in [3.8, 4) is 11.5 Å². The zero-order valence-electron chi connectivity index (χ0n) is 52.9. The molecule has 0 saturated heterocycles. The van der Waals surface area contributed by atoms with Crippen LogP contribution < -0.4 is 9.47 Å². The molecule has 0 radical (unpaired) electrons. The predicted octanol–water partition coefficient (Wildman–Crippen LogP) is 19.2. The number of benzene rings is 2. The summed E-state index contributed by atoms with van der Waals surface area (Å²) in [5, 5.41) is 0. The molecule has 3 aromatic rings. The second-order valence-electron chi connectivity index (χ2n) is 27.2. The average Bonchev–Trinajstić information content (AvgIpc) is 3.78. The van der Waals surface area contributed by atoms with E-state index in [1.165, 1.54) is 18.4 Å². The van der Waals surface area contributed by atoms with Crippen LogP contribution in [0.2, 0.25) is 0 Å². The van der Waals surface area contributed by atoms with Gasteiger partial charge >= 0.3 is 0 Å². The summed E-state index contributed by atoms with van der Waals surface area (Å²) in [5.41, 5.74) is 3.18. The normalized spacial score (nSPS) is 11.6. The molecule has 74 heavy (non-hydrogen) atoms. The van der Waals surface area contributed by atoms with E-state index >= 15 is 0 Å². The number of hydrogen-bond acceptors (Lipinski definition) is 8. The molecule has 0 unspecified atom stereocenters. The van der Waals surface area contributed by atoms with Crippen molar-refractivity contribution in [2.75, 3.05) is 72.7 Å². The summed E-state index contributed by atoms with van der Waals surface area (Å²) in [6.07, 6.45) is 8.68. The van der Waals surface area contributed by atoms with Gasteiger partial charge in [-0.05, 0) is 101 Å². The molecule has 0 aliphatic heterocycles. The van der Waals surface area contributed by atoms with Gasteiger partial charge in [0.15, 0.2) is 0 Å². The Hall–Kier alpha value is -3.40. The van der Waals surface area contributed by atoms with Crippen molar-refractivity contribution in [3.05, 3.63) is 110 Å². The first-order valence-corrected chi connectivity index (χ1v) is 27.4. The second-order valence-corrected chi connectivity index (χ2v) is 27.2. The number of rotatable bonds is 20. The fourth-order valence-electron chi connectivity index (χ4n) is 4.63. The van der Waals surface area contributed by atoms with E-state index in [1.807, 2.05) is 67.6 Å². The first-order chi connectivity index (χ1) is 33.9. The molecule has 0 spiro atoms. The van der Waals surface area contributed by atoms with Crippen molar-refractivity contribution in [1.29, 1.82) is 0 Å². The molecule has 0 saturated carbocycles. The van der Waals surface area contributed by atoms with Crippen LogP contribution in [0.4, 0.5) is 0 Å². The van der Waals surface area contributed by atoms with Gasteiger partial charge in [-0.1, -0.05) is 207 Å². The van der Waals surface area contributed by atoms with Gasteiger partial charge in [-0.25, -0.2) is 0 Å². The van der Waals surface area contributed by atoms with E-state index in [9.17, 15) is 0 Å². The van der Waals surface area contributed by atoms with Gasteiger partial charge in [-0.15, -0.1) is 13.2 Å². The van der Waals surface area contributed by atoms with Crippen molar-refractivity contribution in [2.45, 2.75) is 192 Å². The molecule has 3 rings (SSSR count). The van der Waals surface area contributed by atoms with Crippen LogP contribution in [0.25, 0.3) is 0 Å². The molecule has 8 nitrogen and oxygen atoms in total. The SMILES string of the molecule is C=CCCOCC(C)(C)C.C=CCOCC(C)(C)C.CC(C)(C)COCc1ccco1.CC(C)(C)COc1ccccc1.CCCCOCC(C)(C)C.CCOCC(C)(C)C.Cc1ccc(OCC(C)(C)C)cc1. The lowest BCUT2D eigenvalue weighted by atomic mass is 9.99. The van der Waals surface area contributed by atoms with E-state index in [1.54, 1.807) is 12.3 Å². The van der Waals surface area contributed by atoms with Crippen LogP contribution in [0.3, 0.4) is 0 Å². The van der Waals surface area contributed by atoms with E-state index in [0.29, 0.717) is 29.5 Å². The molecule has 0 N–H and O–H groups in total. The zero-order chi connectivity index (χ0) is 58.0. The lowest BCUT2D eigenvalue weighted by Crippen LogP contribution is -2.16. The second kappa shape index (κ2) is 42.7. The largest absolute Gasteiger partial charge is 0.493 e. The van der Waals surface area contributed by atoms with E-state index in [0.717, 1.165) is 89.7 Å². The number of para-hydroxylation sites is 1. The highest BCUT2D eigenvalue weighted by molar-refractivity contribution is 5.26. The van der Waals surface area contributed by atoms with Crippen LogP contribution in [0.5, 0.6) is 11.5 Å². The Bertz CT molecular complexity index is 1650. The van der Waals surface area contributed by atoms with Gasteiger partial charge in [0, 0.05) is 13.2 Å². The molecule has 8 heteroatoms. The van der Waals surface area contributed by atoms with Crippen molar-refractivity contribution >= 4 is 0 Å². The fourth-order valence-corrected chi connectivity index (χ4v) is 4.63. The highest BCUT2D eigenvalue weighted by Gasteiger charge is 2.14. The fraction of sp³-hybridized carbons (Fsp3) is 0.697. The third kappa shape index (κ3) is 72.8. The van der Waals surface area contributed by atoms with E-state index < -0.39 is 0 Å². The van der Waals surface area contributed by atoms with E-state index in [4.69, 9.17) is 37.6 Å². The molecular formula is C66H120O8. The lowest BCUT2D eigenvalue weighted by Gasteiger charge is -2.18. The van der Waals surface area contributed by atoms with Crippen LogP contribution in [0, 0.1) is 44.8 Å². The minimum Gasteiger partial charge on any atom is -0.493 e. The number of ether oxygens (including phenoxy) is 7. The quantitative estimate of drug-likeness (QED) is 0.0818. The lowest BCUT2D eigenvalue weighted by molar-refractivity contribution is 0.0504. The Labute approximate surface area is 459 Å². The van der Waals surface area contributed by atoms with Crippen LogP contribution >= 0.6 is 0 Å². The molecule has 0 bridgehead atoms. The third-order valence-corrected chi connectivity index (χ3v) is 8.16. The molecule has 0 amide bonds. The predicted molar refractivity (Wildman–Crippen MR) is 322 cm³/mol. The number of hydrogen-bond donors (Lipinski definition) is 0. The van der Waals surface area contributed by atoms with Gasteiger partial charge in [0.1, 0.15) is 23.9 Å². The summed E-state index contributed by atoms with van der Waals surface area (Å²) in [4.78, 5) is 0. The first kappa shape index (κ1) is 77.1. The Morgan fingerprint density at radius 1 is 0.432 bits per heavy atom. The third-order valence-electron chi connectivity index (χ3n) is 8.16. The molecule has 432 valence electrons. The Kier molecular flexibility index (Phi) is 44.5. The van der Waals surface area contributed by atoms with Gasteiger partial charge in [-0.2, -0.15) is 0 Å². The van der Waals surface area contributed by atoms with E-state index in [-0.39, 0.29) is 21.7 Å². The van der Waals surface area contributed by atoms with Crippen LogP contribution in [0.1, 0.15) is 190 Å². The Morgan fingerprint density at radius 3 is 1.20 bits per heavy atom. The summed E-state index contributed by atoms with van der Waals surface area (Å²) in [6.45, 7) is 68.4. The topological polar surface area (TPSA) is 77.8 Å². The summed E-state index contributed by atoms with van der Waals surface area (Å²) in [5.74, 6) is 2.80. The molecule has 1 aromatic heterocycles. The summed E-state index contributed by atoms with van der Waals surface area (Å²) in [7, 11) is 0. The molecule has 0 aliphatic carbocycles. The molecule has 1 heterocycles. The molecular weight excluding hydrogens is 921 g/mol. The maximum atomic E-state index is 5.63. The monoisotopic (exact) mass is 1040 g/mol. The minimum absolute atomic E-state index is 0.227. The molecule has 0 fully saturated rings. The molecule has 0 aliphatic rings. The van der Waals surface area contributed by atoms with Crippen molar-refractivity contribution < 1.29 is 37.6 Å².